The van der Waals surface area contributed by atoms with E-state index in [0.717, 1.165) is 0 Å². The number of nitrogens with one attached hydrogen (secondary N) is 2. The van der Waals surface area contributed by atoms with E-state index in [1.807, 2.05) is 46.7 Å². The number of likely N-dealkylation sites (N-methyl/N-ethyl adjacent to an activating group) is 1. The Morgan fingerprint density at radius 3 is 1.62 bits per heavy atom. The maximum atomic E-state index is 12.7. The maximum Gasteiger partial charge on any atom is 0.252 e. The van der Waals surface area contributed by atoms with Gasteiger partial charge in [-0.25, -0.2) is 0 Å². The minimum absolute atomic E-state index is 0. The Bertz CT molecular complexity index is 778. The number of anilines is 1. The van der Waals surface area contributed by atoms with Crippen LogP contribution in [0, 0.1) is 20.8 Å². The van der Waals surface area contributed by atoms with Crippen LogP contribution in [0.3, 0.4) is 0 Å². The lowest BCUT2D eigenvalue weighted by Gasteiger charge is -2.22. The van der Waals surface area contributed by atoms with Gasteiger partial charge in [-0.3, -0.25) is 14.4 Å². The van der Waals surface area contributed by atoms with Crippen LogP contribution in [0.4, 0.5) is 5.69 Å². The summed E-state index contributed by atoms with van der Waals surface area (Å²) in [5, 5.41) is 5.54. The summed E-state index contributed by atoms with van der Waals surface area (Å²) in [6.07, 6.45) is 0.999. The maximum absolute atomic E-state index is 12.7. The normalized spacial score (nSPS) is 9.65. The first-order chi connectivity index (χ1) is 17.0. The summed E-state index contributed by atoms with van der Waals surface area (Å²) in [5.41, 5.74) is 25.0. The van der Waals surface area contributed by atoms with Crippen molar-refractivity contribution < 1.29 is 14.4 Å². The van der Waals surface area contributed by atoms with Gasteiger partial charge in [-0.1, -0.05) is 34.6 Å². The van der Waals surface area contributed by atoms with E-state index in [4.69, 9.17) is 22.9 Å². The van der Waals surface area contributed by atoms with E-state index < -0.39 is 0 Å². The number of hydrogen-bond acceptors (Lipinski definition) is 9. The molecule has 1 rings (SSSR count). The second-order valence-electron chi connectivity index (χ2n) is 7.79. The summed E-state index contributed by atoms with van der Waals surface area (Å²) in [6, 6.07) is -0.0130. The molecule has 1 aromatic rings. The molecule has 0 saturated carbocycles. The van der Waals surface area contributed by atoms with Crippen molar-refractivity contribution in [2.75, 3.05) is 45.6 Å². The first-order valence-electron chi connectivity index (χ1n) is 12.7. The van der Waals surface area contributed by atoms with Crippen LogP contribution in [-0.2, 0) is 4.79 Å². The second-order valence-corrected chi connectivity index (χ2v) is 7.79. The molecule has 0 aromatic heterocycles. The van der Waals surface area contributed by atoms with Gasteiger partial charge < -0.3 is 44.6 Å². The predicted octanol–water partition coefficient (Wildman–Crippen LogP) is 1.84. The minimum Gasteiger partial charge on any atom is -0.347 e. The molecule has 0 atom stereocenters. The van der Waals surface area contributed by atoms with Crippen LogP contribution >= 0.6 is 0 Å². The summed E-state index contributed by atoms with van der Waals surface area (Å²) in [4.78, 5) is 38.0. The first-order valence-corrected chi connectivity index (χ1v) is 12.7. The van der Waals surface area contributed by atoms with Crippen LogP contribution in [0.1, 0.15) is 78.4 Å². The van der Waals surface area contributed by atoms with Crippen LogP contribution in [0.5, 0.6) is 0 Å². The first kappa shape index (κ1) is 41.7. The Morgan fingerprint density at radius 2 is 1.32 bits per heavy atom. The summed E-state index contributed by atoms with van der Waals surface area (Å²) >= 11 is 0. The molecule has 0 aliphatic rings. The fraction of sp³-hybridized carbons (Fsp3) is 0.654. The van der Waals surface area contributed by atoms with Gasteiger partial charge in [-0.15, -0.1) is 0 Å². The molecule has 0 fully saturated rings. The number of amides is 2. The number of aldehydes is 1. The highest BCUT2D eigenvalue weighted by atomic mass is 16.2. The van der Waals surface area contributed by atoms with Gasteiger partial charge in [0.25, 0.3) is 5.91 Å². The van der Waals surface area contributed by atoms with Crippen LogP contribution in [-0.4, -0.2) is 75.4 Å². The highest BCUT2D eigenvalue weighted by molar-refractivity contribution is 6.04. The van der Waals surface area contributed by atoms with Crippen molar-refractivity contribution in [2.24, 2.45) is 22.9 Å². The number of carbonyl (C=O) groups excluding carboxylic acids is 3. The lowest BCUT2D eigenvalue weighted by molar-refractivity contribution is -0.115. The lowest BCUT2D eigenvalue weighted by Crippen LogP contribution is -2.45. The van der Waals surface area contributed by atoms with Gasteiger partial charge in [0.05, 0.1) is 6.04 Å². The van der Waals surface area contributed by atoms with Gasteiger partial charge in [0.15, 0.2) is 6.29 Å². The number of carbonyl (C=O) groups is 3. The molecular weight excluding hydrogens is 472 g/mol. The quantitative estimate of drug-likeness (QED) is 0.220. The molecule has 2 amide bonds. The molecule has 1 aromatic carbocycles. The third kappa shape index (κ3) is 13.6. The highest BCUT2D eigenvalue weighted by Gasteiger charge is 2.23. The van der Waals surface area contributed by atoms with Gasteiger partial charge in [-0.2, -0.15) is 0 Å². The highest BCUT2D eigenvalue weighted by Crippen LogP contribution is 2.30. The van der Waals surface area contributed by atoms with Crippen molar-refractivity contribution in [1.29, 1.82) is 0 Å². The second kappa shape index (κ2) is 24.0. The van der Waals surface area contributed by atoms with Crippen molar-refractivity contribution in [3.05, 3.63) is 27.8 Å². The number of nitrogens with zero attached hydrogens (tertiary/aromatic N) is 1. The van der Waals surface area contributed by atoms with Crippen LogP contribution in [0.25, 0.3) is 0 Å². The average molecular weight is 529 g/mol. The van der Waals surface area contributed by atoms with E-state index in [1.54, 1.807) is 27.7 Å². The van der Waals surface area contributed by atoms with E-state index >= 15 is 0 Å². The van der Waals surface area contributed by atoms with Gasteiger partial charge in [0.2, 0.25) is 5.91 Å². The fourth-order valence-corrected chi connectivity index (χ4v) is 3.16. The van der Waals surface area contributed by atoms with E-state index in [2.05, 4.69) is 10.6 Å². The molecule has 0 aliphatic heterocycles. The molecule has 218 valence electrons. The Morgan fingerprint density at radius 1 is 0.865 bits per heavy atom. The van der Waals surface area contributed by atoms with E-state index in [9.17, 15) is 14.4 Å². The topological polar surface area (TPSA) is 218 Å². The van der Waals surface area contributed by atoms with Crippen molar-refractivity contribution in [1.82, 2.24) is 16.4 Å². The van der Waals surface area contributed by atoms with Gasteiger partial charge >= 0.3 is 0 Å². The van der Waals surface area contributed by atoms with Crippen molar-refractivity contribution in [3.63, 3.8) is 0 Å². The van der Waals surface area contributed by atoms with Crippen LogP contribution in [0.15, 0.2) is 0 Å². The van der Waals surface area contributed by atoms with Crippen molar-refractivity contribution in [2.45, 2.75) is 73.9 Å². The standard InChI is InChI=1S/C17H26N4O3.C5H15N3.2C2H6.H3N/c1-5-14(23)21-16-10(3)13(8-22)9(2)15(11(16)4)17(24)20-12(6-18)7-19;1-8(2)5(3-6)4-7;2*1-2;/h8,12H,5-7,18-19H2,1-4H3,(H,20,24)(H,21,23);5H,3-4,6-7H2,1-2H3;2*1-2H3;1H3. The van der Waals surface area contributed by atoms with Crippen molar-refractivity contribution >= 4 is 23.8 Å². The van der Waals surface area contributed by atoms with Crippen molar-refractivity contribution in [3.8, 4) is 0 Å². The largest absolute Gasteiger partial charge is 0.347 e. The Labute approximate surface area is 225 Å². The summed E-state index contributed by atoms with van der Waals surface area (Å²) in [6.45, 7) is 16.7. The molecule has 0 saturated heterocycles. The van der Waals surface area contributed by atoms with E-state index in [-0.39, 0.29) is 37.1 Å². The van der Waals surface area contributed by atoms with Gasteiger partial charge in [0, 0.05) is 55.5 Å². The van der Waals surface area contributed by atoms with Crippen LogP contribution in [0.2, 0.25) is 0 Å². The molecular formula is C26H56N8O3. The zero-order chi connectivity index (χ0) is 29.0. The molecule has 13 N–H and O–H groups in total. The molecule has 0 radical (unpaired) electrons. The average Bonchev–Trinajstić information content (AvgIpc) is 2.88. The molecule has 0 unspecified atom stereocenters. The lowest BCUT2D eigenvalue weighted by atomic mass is 9.91. The van der Waals surface area contributed by atoms with E-state index in [1.165, 1.54) is 0 Å². The van der Waals surface area contributed by atoms with E-state index in [0.29, 0.717) is 65.3 Å². The van der Waals surface area contributed by atoms with Gasteiger partial charge in [0.1, 0.15) is 0 Å². The summed E-state index contributed by atoms with van der Waals surface area (Å²) < 4.78 is 0. The zero-order valence-electron chi connectivity index (χ0n) is 25.0. The molecule has 0 bridgehead atoms. The smallest absolute Gasteiger partial charge is 0.252 e. The van der Waals surface area contributed by atoms with Gasteiger partial charge in [-0.05, 0) is 51.6 Å². The molecule has 11 nitrogen and oxygen atoms in total. The third-order valence-electron chi connectivity index (χ3n) is 5.42. The Kier molecular flexibility index (Phi) is 27.0. The third-order valence-corrected chi connectivity index (χ3v) is 5.42. The number of rotatable bonds is 10. The Balaban J connectivity index is -0.000000354. The minimum atomic E-state index is -0.360. The predicted molar refractivity (Wildman–Crippen MR) is 158 cm³/mol. The summed E-state index contributed by atoms with van der Waals surface area (Å²) in [5.74, 6) is -0.545. The SMILES string of the molecule is CC.CC.CCC(=O)Nc1c(C)c(C=O)c(C)c(C(=O)NC(CN)CN)c1C.CN(C)C(CN)CN.N. The molecule has 0 aliphatic carbocycles. The Hall–Kier alpha value is -2.41. The fourth-order valence-electron chi connectivity index (χ4n) is 3.16. The zero-order valence-corrected chi connectivity index (χ0v) is 25.0. The molecule has 37 heavy (non-hydrogen) atoms. The number of hydrogen-bond donors (Lipinski definition) is 7. The molecule has 11 heteroatoms. The summed E-state index contributed by atoms with van der Waals surface area (Å²) in [7, 11) is 3.95. The van der Waals surface area contributed by atoms with Crippen LogP contribution < -0.4 is 39.7 Å². The monoisotopic (exact) mass is 528 g/mol. The molecule has 0 heterocycles. The number of nitrogens with two attached hydrogens (primary N) is 4. The molecule has 0 spiro atoms. The number of benzene rings is 1.